The normalized spacial score (nSPS) is 11.3. The largest absolute Gasteiger partial charge is 0.497 e. The molecule has 0 bridgehead atoms. The molecular weight excluding hydrogens is 540 g/mol. The van der Waals surface area contributed by atoms with Crippen LogP contribution in [0.15, 0.2) is 77.3 Å². The van der Waals surface area contributed by atoms with E-state index >= 15 is 0 Å². The van der Waals surface area contributed by atoms with Gasteiger partial charge in [0.2, 0.25) is 0 Å². The molecule has 10 heteroatoms. The number of benzene rings is 3. The summed E-state index contributed by atoms with van der Waals surface area (Å²) in [5.41, 5.74) is 5.93. The lowest BCUT2D eigenvalue weighted by molar-refractivity contribution is -0.124. The van der Waals surface area contributed by atoms with Crippen molar-refractivity contribution in [2.45, 2.75) is 19.9 Å². The van der Waals surface area contributed by atoms with Crippen molar-refractivity contribution in [2.24, 2.45) is 5.92 Å². The lowest BCUT2D eigenvalue weighted by Crippen LogP contribution is -2.54. The molecule has 0 saturated carbocycles. The molecule has 0 radical (unpaired) electrons. The second-order valence-corrected chi connectivity index (χ2v) is 9.20. The quantitative estimate of drug-likeness (QED) is 0.307. The molecule has 0 spiro atoms. The molecule has 1 atom stereocenters. The van der Waals surface area contributed by atoms with Gasteiger partial charge in [-0.05, 0) is 70.4 Å². The molecule has 0 fully saturated rings. The third kappa shape index (κ3) is 7.17. The van der Waals surface area contributed by atoms with Crippen LogP contribution in [0.4, 0.5) is 5.69 Å². The third-order valence-corrected chi connectivity index (χ3v) is 6.12. The molecule has 0 aliphatic heterocycles. The first-order valence-electron chi connectivity index (χ1n) is 11.4. The molecule has 0 aliphatic rings. The van der Waals surface area contributed by atoms with Crippen LogP contribution >= 0.6 is 15.9 Å². The van der Waals surface area contributed by atoms with Gasteiger partial charge in [0, 0.05) is 10.0 Å². The van der Waals surface area contributed by atoms with Crippen molar-refractivity contribution < 1.29 is 23.9 Å². The molecule has 192 valence electrons. The van der Waals surface area contributed by atoms with Crippen molar-refractivity contribution in [3.63, 3.8) is 0 Å². The number of carbonyl (C=O) groups is 4. The van der Waals surface area contributed by atoms with Crippen LogP contribution in [-0.4, -0.2) is 36.8 Å². The minimum Gasteiger partial charge on any atom is -0.497 e. The number of carbonyl (C=O) groups excluding carboxylic acids is 4. The van der Waals surface area contributed by atoms with Crippen LogP contribution in [0.25, 0.3) is 0 Å². The summed E-state index contributed by atoms with van der Waals surface area (Å²) in [6.45, 7) is 3.52. The highest BCUT2D eigenvalue weighted by Crippen LogP contribution is 2.19. The second kappa shape index (κ2) is 12.7. The molecule has 0 heterocycles. The van der Waals surface area contributed by atoms with Crippen LogP contribution < -0.4 is 26.2 Å². The molecular formula is C27H27BrN4O5. The molecule has 3 aromatic carbocycles. The van der Waals surface area contributed by atoms with E-state index in [1.807, 2.05) is 0 Å². The zero-order valence-corrected chi connectivity index (χ0v) is 22.1. The summed E-state index contributed by atoms with van der Waals surface area (Å²) < 4.78 is 5.68. The Bertz CT molecular complexity index is 1290. The predicted octanol–water partition coefficient (Wildman–Crippen LogP) is 3.93. The Hall–Kier alpha value is -4.18. The molecule has 0 saturated heterocycles. The maximum absolute atomic E-state index is 13.1. The van der Waals surface area contributed by atoms with Gasteiger partial charge >= 0.3 is 0 Å². The van der Waals surface area contributed by atoms with Gasteiger partial charge in [0.1, 0.15) is 11.8 Å². The number of hydrogen-bond donors (Lipinski definition) is 4. The fourth-order valence-electron chi connectivity index (χ4n) is 3.39. The van der Waals surface area contributed by atoms with Gasteiger partial charge in [-0.1, -0.05) is 38.1 Å². The van der Waals surface area contributed by atoms with Crippen LogP contribution in [0.3, 0.4) is 0 Å². The van der Waals surface area contributed by atoms with Gasteiger partial charge in [0.15, 0.2) is 0 Å². The zero-order valence-electron chi connectivity index (χ0n) is 20.5. The first kappa shape index (κ1) is 27.4. The first-order valence-corrected chi connectivity index (χ1v) is 12.2. The van der Waals surface area contributed by atoms with Crippen molar-refractivity contribution >= 4 is 45.2 Å². The van der Waals surface area contributed by atoms with Crippen LogP contribution in [-0.2, 0) is 4.79 Å². The summed E-state index contributed by atoms with van der Waals surface area (Å²) in [5, 5.41) is 5.43. The van der Waals surface area contributed by atoms with Gasteiger partial charge in [-0.25, -0.2) is 0 Å². The number of amides is 4. The van der Waals surface area contributed by atoms with Crippen molar-refractivity contribution in [1.29, 1.82) is 0 Å². The Morgan fingerprint density at radius 2 is 1.38 bits per heavy atom. The number of hydrogen-bond acceptors (Lipinski definition) is 5. The van der Waals surface area contributed by atoms with Crippen LogP contribution in [0, 0.1) is 5.92 Å². The average molecular weight is 567 g/mol. The van der Waals surface area contributed by atoms with E-state index in [4.69, 9.17) is 4.74 Å². The van der Waals surface area contributed by atoms with Gasteiger partial charge in [0.25, 0.3) is 23.6 Å². The summed E-state index contributed by atoms with van der Waals surface area (Å²) >= 11 is 3.29. The molecule has 0 aliphatic carbocycles. The Kier molecular flexibility index (Phi) is 9.39. The predicted molar refractivity (Wildman–Crippen MR) is 143 cm³/mol. The van der Waals surface area contributed by atoms with Crippen molar-refractivity contribution in [2.75, 3.05) is 12.4 Å². The minimum atomic E-state index is -0.961. The molecule has 4 amide bonds. The van der Waals surface area contributed by atoms with E-state index in [1.54, 1.807) is 86.6 Å². The SMILES string of the molecule is COc1ccc(C(=O)Nc2ccccc2C(=O)N[C@@H](C(=O)NNC(=O)c2ccccc2Br)C(C)C)cc1. The smallest absolute Gasteiger partial charge is 0.270 e. The summed E-state index contributed by atoms with van der Waals surface area (Å²) in [4.78, 5) is 51.1. The summed E-state index contributed by atoms with van der Waals surface area (Å²) in [6.07, 6.45) is 0. The van der Waals surface area contributed by atoms with E-state index in [2.05, 4.69) is 37.4 Å². The van der Waals surface area contributed by atoms with Gasteiger partial charge < -0.3 is 15.4 Å². The Morgan fingerprint density at radius 3 is 2.00 bits per heavy atom. The van der Waals surface area contributed by atoms with E-state index in [1.165, 1.54) is 7.11 Å². The van der Waals surface area contributed by atoms with E-state index < -0.39 is 29.7 Å². The Labute approximate surface area is 223 Å². The highest BCUT2D eigenvalue weighted by Gasteiger charge is 2.26. The molecule has 0 aromatic heterocycles. The number of nitrogens with one attached hydrogen (secondary N) is 4. The van der Waals surface area contributed by atoms with Gasteiger partial charge in [-0.15, -0.1) is 0 Å². The average Bonchev–Trinajstić information content (AvgIpc) is 2.90. The standard InChI is InChI=1S/C27H27BrN4O5/c1-16(2)23(27(36)32-31-26(35)19-8-4-6-10-21(19)28)30-25(34)20-9-5-7-11-22(20)29-24(33)17-12-14-18(37-3)15-13-17/h4-16,23H,1-3H3,(H,29,33)(H,30,34)(H,31,35)(H,32,36)/t23-/m1/s1. The van der Waals surface area contributed by atoms with Crippen molar-refractivity contribution in [3.8, 4) is 5.75 Å². The van der Waals surface area contributed by atoms with Crippen molar-refractivity contribution in [1.82, 2.24) is 16.2 Å². The number of ether oxygens (including phenoxy) is 1. The lowest BCUT2D eigenvalue weighted by Gasteiger charge is -2.22. The van der Waals surface area contributed by atoms with Crippen LogP contribution in [0.1, 0.15) is 44.9 Å². The van der Waals surface area contributed by atoms with E-state index in [-0.39, 0.29) is 17.2 Å². The molecule has 3 rings (SSSR count). The van der Waals surface area contributed by atoms with Crippen LogP contribution in [0.5, 0.6) is 5.75 Å². The number of hydrazine groups is 1. The van der Waals surface area contributed by atoms with E-state index in [0.717, 1.165) is 0 Å². The maximum atomic E-state index is 13.1. The molecule has 0 unspecified atom stereocenters. The summed E-state index contributed by atoms with van der Waals surface area (Å²) in [6, 6.07) is 18.8. The summed E-state index contributed by atoms with van der Waals surface area (Å²) in [5.74, 6) is -1.76. The topological polar surface area (TPSA) is 126 Å². The number of halogens is 1. The van der Waals surface area contributed by atoms with E-state index in [9.17, 15) is 19.2 Å². The first-order chi connectivity index (χ1) is 17.7. The van der Waals surface area contributed by atoms with E-state index in [0.29, 0.717) is 21.3 Å². The monoisotopic (exact) mass is 566 g/mol. The number of anilines is 1. The molecule has 9 nitrogen and oxygen atoms in total. The molecule has 3 aromatic rings. The highest BCUT2D eigenvalue weighted by molar-refractivity contribution is 9.10. The molecule has 4 N–H and O–H groups in total. The van der Waals surface area contributed by atoms with Crippen LogP contribution in [0.2, 0.25) is 0 Å². The zero-order chi connectivity index (χ0) is 26.9. The second-order valence-electron chi connectivity index (χ2n) is 8.35. The maximum Gasteiger partial charge on any atom is 0.270 e. The molecule has 37 heavy (non-hydrogen) atoms. The van der Waals surface area contributed by atoms with Crippen molar-refractivity contribution in [3.05, 3.63) is 94.0 Å². The number of rotatable bonds is 8. The highest BCUT2D eigenvalue weighted by atomic mass is 79.9. The summed E-state index contributed by atoms with van der Waals surface area (Å²) in [7, 11) is 1.53. The van der Waals surface area contributed by atoms with Gasteiger partial charge in [-0.2, -0.15) is 0 Å². The third-order valence-electron chi connectivity index (χ3n) is 5.43. The minimum absolute atomic E-state index is 0.181. The fourth-order valence-corrected chi connectivity index (χ4v) is 3.85. The lowest BCUT2D eigenvalue weighted by atomic mass is 10.0. The number of para-hydroxylation sites is 1. The van der Waals surface area contributed by atoms with Gasteiger partial charge in [0.05, 0.1) is 23.9 Å². The Morgan fingerprint density at radius 1 is 0.757 bits per heavy atom. The fraction of sp³-hybridized carbons (Fsp3) is 0.185. The van der Waals surface area contributed by atoms with Gasteiger partial charge in [-0.3, -0.25) is 30.0 Å². The number of methoxy groups -OCH3 is 1. The Balaban J connectivity index is 1.69.